The van der Waals surface area contributed by atoms with Gasteiger partial charge < -0.3 is 14.2 Å². The summed E-state index contributed by atoms with van der Waals surface area (Å²) in [5.41, 5.74) is 0. The van der Waals surface area contributed by atoms with Crippen LogP contribution in [0.1, 0.15) is 239 Å². The van der Waals surface area contributed by atoms with E-state index in [2.05, 4.69) is 69.4 Å². The second kappa shape index (κ2) is 46.1. The summed E-state index contributed by atoms with van der Waals surface area (Å²) >= 11 is 0. The van der Waals surface area contributed by atoms with E-state index in [1.54, 1.807) is 0 Å². The van der Waals surface area contributed by atoms with Gasteiger partial charge in [-0.3, -0.25) is 14.4 Å². The van der Waals surface area contributed by atoms with Crippen molar-refractivity contribution in [1.82, 2.24) is 0 Å². The van der Waals surface area contributed by atoms with Crippen molar-refractivity contribution in [3.8, 4) is 0 Å². The summed E-state index contributed by atoms with van der Waals surface area (Å²) in [6.07, 6.45) is 53.8. The first-order valence-corrected chi connectivity index (χ1v) is 24.1. The molecule has 0 heterocycles. The third kappa shape index (κ3) is 44.3. The van der Waals surface area contributed by atoms with Crippen LogP contribution >= 0.6 is 0 Å². The lowest BCUT2D eigenvalue weighted by molar-refractivity contribution is -0.167. The fraction of sp³-hybridized carbons (Fsp3) is 0.784. The lowest BCUT2D eigenvalue weighted by Gasteiger charge is -2.18. The van der Waals surface area contributed by atoms with Gasteiger partial charge in [0, 0.05) is 19.3 Å². The number of carbonyl (C=O) groups is 3. The van der Waals surface area contributed by atoms with Crippen molar-refractivity contribution in [3.05, 3.63) is 48.6 Å². The number of rotatable bonds is 43. The number of hydrogen-bond donors (Lipinski definition) is 0. The number of allylic oxidation sites excluding steroid dienone is 8. The van der Waals surface area contributed by atoms with Crippen molar-refractivity contribution in [2.75, 3.05) is 13.2 Å². The lowest BCUT2D eigenvalue weighted by Crippen LogP contribution is -2.30. The highest BCUT2D eigenvalue weighted by atomic mass is 16.6. The number of esters is 3. The molecule has 0 rings (SSSR count). The van der Waals surface area contributed by atoms with E-state index >= 15 is 0 Å². The minimum atomic E-state index is -0.783. The molecule has 0 N–H and O–H groups in total. The van der Waals surface area contributed by atoms with Crippen LogP contribution in [-0.2, 0) is 28.6 Å². The molecule has 6 heteroatoms. The quantitative estimate of drug-likeness (QED) is 0.0265. The first-order chi connectivity index (χ1) is 28.0. The van der Waals surface area contributed by atoms with Crippen LogP contribution in [0.3, 0.4) is 0 Å². The summed E-state index contributed by atoms with van der Waals surface area (Å²) in [6, 6.07) is 0. The first kappa shape index (κ1) is 54.4. The predicted molar refractivity (Wildman–Crippen MR) is 242 cm³/mol. The van der Waals surface area contributed by atoms with Crippen LogP contribution in [0.2, 0.25) is 0 Å². The Hall–Kier alpha value is -2.63. The fourth-order valence-electron chi connectivity index (χ4n) is 6.59. The molecule has 0 aromatic heterocycles. The van der Waals surface area contributed by atoms with Gasteiger partial charge in [-0.05, 0) is 96.3 Å². The second-order valence-electron chi connectivity index (χ2n) is 16.0. The van der Waals surface area contributed by atoms with Crippen LogP contribution in [0.25, 0.3) is 0 Å². The van der Waals surface area contributed by atoms with Crippen molar-refractivity contribution < 1.29 is 28.6 Å². The van der Waals surface area contributed by atoms with Gasteiger partial charge in [0.2, 0.25) is 0 Å². The molecule has 1 atom stereocenters. The second-order valence-corrected chi connectivity index (χ2v) is 16.0. The molecular formula is C51H90O6. The van der Waals surface area contributed by atoms with Gasteiger partial charge in [-0.15, -0.1) is 0 Å². The van der Waals surface area contributed by atoms with E-state index < -0.39 is 6.10 Å². The molecule has 0 radical (unpaired) electrons. The summed E-state index contributed by atoms with van der Waals surface area (Å²) in [4.78, 5) is 37.8. The molecule has 1 unspecified atom stereocenters. The first-order valence-electron chi connectivity index (χ1n) is 24.1. The molecule has 330 valence electrons. The van der Waals surface area contributed by atoms with Crippen LogP contribution in [0, 0.1) is 0 Å². The summed E-state index contributed by atoms with van der Waals surface area (Å²) in [6.45, 7) is 6.51. The highest BCUT2D eigenvalue weighted by Gasteiger charge is 2.19. The van der Waals surface area contributed by atoms with Crippen molar-refractivity contribution in [2.24, 2.45) is 0 Å². The summed E-state index contributed by atoms with van der Waals surface area (Å²) in [5, 5.41) is 0. The minimum absolute atomic E-state index is 0.0855. The molecule has 0 saturated carbocycles. The zero-order valence-corrected chi connectivity index (χ0v) is 37.6. The van der Waals surface area contributed by atoms with Crippen LogP contribution in [0.15, 0.2) is 48.6 Å². The minimum Gasteiger partial charge on any atom is -0.462 e. The van der Waals surface area contributed by atoms with E-state index in [4.69, 9.17) is 14.2 Å². The Bertz CT molecular complexity index is 1010. The fourth-order valence-corrected chi connectivity index (χ4v) is 6.59. The third-order valence-electron chi connectivity index (χ3n) is 10.3. The molecule has 57 heavy (non-hydrogen) atoms. The van der Waals surface area contributed by atoms with Gasteiger partial charge in [-0.1, -0.05) is 172 Å². The van der Waals surface area contributed by atoms with Gasteiger partial charge in [0.15, 0.2) is 6.10 Å². The van der Waals surface area contributed by atoms with Gasteiger partial charge in [0.1, 0.15) is 13.2 Å². The van der Waals surface area contributed by atoms with E-state index in [-0.39, 0.29) is 31.1 Å². The molecule has 0 saturated heterocycles. The molecule has 6 nitrogen and oxygen atoms in total. The molecular weight excluding hydrogens is 709 g/mol. The molecule has 0 spiro atoms. The lowest BCUT2D eigenvalue weighted by atomic mass is 10.1. The Labute approximate surface area is 352 Å². The molecule has 0 bridgehead atoms. The highest BCUT2D eigenvalue weighted by molar-refractivity contribution is 5.71. The normalized spacial score (nSPS) is 12.4. The molecule has 0 aliphatic carbocycles. The Balaban J connectivity index is 4.39. The van der Waals surface area contributed by atoms with Crippen LogP contribution in [0.4, 0.5) is 0 Å². The van der Waals surface area contributed by atoms with Crippen LogP contribution < -0.4 is 0 Å². The van der Waals surface area contributed by atoms with E-state index in [1.807, 2.05) is 0 Å². The highest BCUT2D eigenvalue weighted by Crippen LogP contribution is 2.13. The van der Waals surface area contributed by atoms with Crippen LogP contribution in [0.5, 0.6) is 0 Å². The van der Waals surface area contributed by atoms with Gasteiger partial charge in [0.25, 0.3) is 0 Å². The predicted octanol–water partition coefficient (Wildman–Crippen LogP) is 15.5. The Morgan fingerprint density at radius 2 is 0.667 bits per heavy atom. The van der Waals surface area contributed by atoms with E-state index in [1.165, 1.54) is 96.3 Å². The maximum atomic E-state index is 12.7. The molecule has 0 aliphatic rings. The smallest absolute Gasteiger partial charge is 0.306 e. The molecule has 0 fully saturated rings. The standard InChI is InChI=1S/C51H90O6/c1-4-7-10-13-16-19-22-24-25-26-28-29-32-35-38-41-44-50(53)56-47-48(46-55-49(52)43-40-37-34-31-21-18-15-12-9-6-3)57-51(54)45-42-39-36-33-30-27-23-20-17-14-11-8-5-2/h12,15,19-20,22-23,25-26,48H,4-11,13-14,16-18,21,24,27-47H2,1-3H3/b15-12-,22-19-,23-20-,26-25-. The maximum absolute atomic E-state index is 12.7. The van der Waals surface area contributed by atoms with Crippen molar-refractivity contribution in [3.63, 3.8) is 0 Å². The zero-order valence-electron chi connectivity index (χ0n) is 37.6. The summed E-state index contributed by atoms with van der Waals surface area (Å²) in [7, 11) is 0. The van der Waals surface area contributed by atoms with E-state index in [0.717, 1.165) is 103 Å². The summed E-state index contributed by atoms with van der Waals surface area (Å²) in [5.74, 6) is -0.917. The molecule has 0 aromatic carbocycles. The topological polar surface area (TPSA) is 78.9 Å². The maximum Gasteiger partial charge on any atom is 0.306 e. The molecule has 0 aliphatic heterocycles. The average molecular weight is 799 g/mol. The Morgan fingerprint density at radius 3 is 1.05 bits per heavy atom. The average Bonchev–Trinajstić information content (AvgIpc) is 3.21. The van der Waals surface area contributed by atoms with E-state index in [0.29, 0.717) is 19.3 Å². The van der Waals surface area contributed by atoms with Gasteiger partial charge >= 0.3 is 17.9 Å². The number of unbranched alkanes of at least 4 members (excludes halogenated alkanes) is 24. The third-order valence-corrected chi connectivity index (χ3v) is 10.3. The van der Waals surface area contributed by atoms with Crippen molar-refractivity contribution in [2.45, 2.75) is 245 Å². The van der Waals surface area contributed by atoms with Crippen molar-refractivity contribution >= 4 is 17.9 Å². The van der Waals surface area contributed by atoms with Gasteiger partial charge in [0.05, 0.1) is 0 Å². The zero-order chi connectivity index (χ0) is 41.5. The van der Waals surface area contributed by atoms with E-state index in [9.17, 15) is 14.4 Å². The van der Waals surface area contributed by atoms with Crippen molar-refractivity contribution in [1.29, 1.82) is 0 Å². The van der Waals surface area contributed by atoms with Crippen LogP contribution in [-0.4, -0.2) is 37.2 Å². The molecule has 0 aromatic rings. The number of carbonyl (C=O) groups excluding carboxylic acids is 3. The Kier molecular flexibility index (Phi) is 43.9. The van der Waals surface area contributed by atoms with Gasteiger partial charge in [-0.25, -0.2) is 0 Å². The SMILES string of the molecule is CCC/C=C\CCCCCCCC(=O)OCC(COC(=O)CCCCCCC/C=C\C/C=C\CCCCCC)OC(=O)CCCCCCC/C=C\CCCCCC. The number of hydrogen-bond acceptors (Lipinski definition) is 6. The number of ether oxygens (including phenoxy) is 3. The summed E-state index contributed by atoms with van der Waals surface area (Å²) < 4.78 is 16.7. The Morgan fingerprint density at radius 1 is 0.351 bits per heavy atom. The largest absolute Gasteiger partial charge is 0.462 e. The molecule has 0 amide bonds. The van der Waals surface area contributed by atoms with Gasteiger partial charge in [-0.2, -0.15) is 0 Å². The monoisotopic (exact) mass is 799 g/mol.